The van der Waals surface area contributed by atoms with Gasteiger partial charge in [-0.2, -0.15) is 13.2 Å². The maximum atomic E-state index is 12.7. The van der Waals surface area contributed by atoms with E-state index in [1.54, 1.807) is 13.2 Å². The number of halogens is 4. The zero-order valence-electron chi connectivity index (χ0n) is 12.0. The molecule has 0 unspecified atom stereocenters. The van der Waals surface area contributed by atoms with Crippen LogP contribution in [0.4, 0.5) is 13.2 Å². The van der Waals surface area contributed by atoms with Crippen LogP contribution in [0.1, 0.15) is 5.56 Å². The third-order valence-corrected chi connectivity index (χ3v) is 3.96. The second kappa shape index (κ2) is 5.85. The van der Waals surface area contributed by atoms with Crippen LogP contribution in [0, 0.1) is 0 Å². The summed E-state index contributed by atoms with van der Waals surface area (Å²) in [6.45, 7) is 0. The first kappa shape index (κ1) is 15.8. The van der Waals surface area contributed by atoms with Gasteiger partial charge in [0.2, 0.25) is 0 Å². The van der Waals surface area contributed by atoms with Crippen molar-refractivity contribution in [1.82, 2.24) is 4.98 Å². The first-order valence-electron chi connectivity index (χ1n) is 6.70. The molecule has 0 amide bonds. The molecule has 2 aromatic carbocycles. The van der Waals surface area contributed by atoms with Crippen molar-refractivity contribution >= 4 is 26.8 Å². The maximum Gasteiger partial charge on any atom is 0.416 e. The molecule has 118 valence electrons. The molecule has 0 aliphatic carbocycles. The van der Waals surface area contributed by atoms with E-state index in [0.717, 1.165) is 22.0 Å². The Labute approximate surface area is 139 Å². The second-order valence-corrected chi connectivity index (χ2v) is 5.86. The highest BCUT2D eigenvalue weighted by Crippen LogP contribution is 2.33. The molecule has 0 aliphatic rings. The van der Waals surface area contributed by atoms with E-state index in [-0.39, 0.29) is 0 Å². The fourth-order valence-corrected chi connectivity index (χ4v) is 2.67. The molecule has 0 fully saturated rings. The predicted molar refractivity (Wildman–Crippen MR) is 86.4 cm³/mol. The molecule has 0 saturated heterocycles. The quantitative estimate of drug-likeness (QED) is 0.568. The predicted octanol–water partition coefficient (Wildman–Crippen LogP) is 5.69. The van der Waals surface area contributed by atoms with E-state index >= 15 is 0 Å². The van der Waals surface area contributed by atoms with Gasteiger partial charge < -0.3 is 4.74 Å². The molecule has 0 N–H and O–H groups in total. The Bertz CT molecular complexity index is 860. The lowest BCUT2D eigenvalue weighted by Crippen LogP contribution is -2.04. The van der Waals surface area contributed by atoms with E-state index in [9.17, 15) is 13.2 Å². The highest BCUT2D eigenvalue weighted by atomic mass is 79.9. The van der Waals surface area contributed by atoms with E-state index in [1.165, 1.54) is 12.1 Å². The van der Waals surface area contributed by atoms with E-state index in [4.69, 9.17) is 4.74 Å². The molecule has 0 saturated carbocycles. The highest BCUT2D eigenvalue weighted by Gasteiger charge is 2.30. The van der Waals surface area contributed by atoms with Crippen LogP contribution >= 0.6 is 15.9 Å². The first-order valence-corrected chi connectivity index (χ1v) is 7.50. The smallest absolute Gasteiger partial charge is 0.416 e. The van der Waals surface area contributed by atoms with Gasteiger partial charge in [-0.05, 0) is 30.3 Å². The number of hydrogen-bond donors (Lipinski definition) is 0. The SMILES string of the molecule is COc1cc(-c2ccc(C(F)(F)F)cc2)nc2cc(Br)ccc12. The molecule has 0 atom stereocenters. The lowest BCUT2D eigenvalue weighted by atomic mass is 10.1. The van der Waals surface area contributed by atoms with E-state index < -0.39 is 11.7 Å². The van der Waals surface area contributed by atoms with Crippen LogP contribution in [0.5, 0.6) is 5.75 Å². The van der Waals surface area contributed by atoms with Crippen molar-refractivity contribution in [2.45, 2.75) is 6.18 Å². The van der Waals surface area contributed by atoms with Crippen molar-refractivity contribution < 1.29 is 17.9 Å². The van der Waals surface area contributed by atoms with Crippen molar-refractivity contribution in [3.05, 3.63) is 58.6 Å². The third kappa shape index (κ3) is 3.17. The van der Waals surface area contributed by atoms with Gasteiger partial charge in [-0.3, -0.25) is 0 Å². The van der Waals surface area contributed by atoms with Gasteiger partial charge in [0.15, 0.2) is 0 Å². The number of pyridine rings is 1. The largest absolute Gasteiger partial charge is 0.496 e. The lowest BCUT2D eigenvalue weighted by Gasteiger charge is -2.10. The Balaban J connectivity index is 2.12. The average Bonchev–Trinajstić information content (AvgIpc) is 2.52. The Kier molecular flexibility index (Phi) is 4.02. The zero-order valence-corrected chi connectivity index (χ0v) is 13.6. The van der Waals surface area contributed by atoms with E-state index in [2.05, 4.69) is 20.9 Å². The number of alkyl halides is 3. The highest BCUT2D eigenvalue weighted by molar-refractivity contribution is 9.10. The summed E-state index contributed by atoms with van der Waals surface area (Å²) < 4.78 is 44.2. The molecular formula is C17H11BrF3NO. The minimum absolute atomic E-state index is 0.557. The molecule has 2 nitrogen and oxygen atoms in total. The summed E-state index contributed by atoms with van der Waals surface area (Å²) in [6, 6.07) is 12.2. The number of nitrogens with zero attached hydrogens (tertiary/aromatic N) is 1. The molecule has 0 radical (unpaired) electrons. The van der Waals surface area contributed by atoms with Gasteiger partial charge in [0.25, 0.3) is 0 Å². The molecule has 0 spiro atoms. The Hall–Kier alpha value is -2.08. The van der Waals surface area contributed by atoms with Gasteiger partial charge >= 0.3 is 6.18 Å². The molecule has 1 aromatic heterocycles. The van der Waals surface area contributed by atoms with E-state index in [0.29, 0.717) is 22.5 Å². The van der Waals surface area contributed by atoms with Crippen LogP contribution in [0.2, 0.25) is 0 Å². The maximum absolute atomic E-state index is 12.7. The standard InChI is InChI=1S/C17H11BrF3NO/c1-23-16-9-14(22-15-8-12(18)6-7-13(15)16)10-2-4-11(5-3-10)17(19,20)21/h2-9H,1H3. The van der Waals surface area contributed by atoms with Crippen LogP contribution in [0.15, 0.2) is 53.0 Å². The summed E-state index contributed by atoms with van der Waals surface area (Å²) in [5.74, 6) is 0.623. The third-order valence-electron chi connectivity index (χ3n) is 3.46. The van der Waals surface area contributed by atoms with Gasteiger partial charge in [0.05, 0.1) is 23.9 Å². The van der Waals surface area contributed by atoms with Gasteiger partial charge in [-0.15, -0.1) is 0 Å². The number of benzene rings is 2. The van der Waals surface area contributed by atoms with Crippen LogP contribution in [-0.4, -0.2) is 12.1 Å². The molecule has 0 bridgehead atoms. The van der Waals surface area contributed by atoms with Crippen molar-refractivity contribution in [1.29, 1.82) is 0 Å². The van der Waals surface area contributed by atoms with Crippen LogP contribution in [0.3, 0.4) is 0 Å². The number of hydrogen-bond acceptors (Lipinski definition) is 2. The second-order valence-electron chi connectivity index (χ2n) is 4.95. The lowest BCUT2D eigenvalue weighted by molar-refractivity contribution is -0.137. The Morgan fingerprint density at radius 2 is 1.70 bits per heavy atom. The summed E-state index contributed by atoms with van der Waals surface area (Å²) in [7, 11) is 1.55. The molecular weight excluding hydrogens is 371 g/mol. The molecule has 1 heterocycles. The topological polar surface area (TPSA) is 22.1 Å². The minimum Gasteiger partial charge on any atom is -0.496 e. The van der Waals surface area contributed by atoms with Crippen molar-refractivity contribution in [2.24, 2.45) is 0 Å². The number of aromatic nitrogens is 1. The Morgan fingerprint density at radius 3 is 2.30 bits per heavy atom. The number of ether oxygens (including phenoxy) is 1. The van der Waals surface area contributed by atoms with Gasteiger partial charge in [-0.25, -0.2) is 4.98 Å². The number of methoxy groups -OCH3 is 1. The van der Waals surface area contributed by atoms with Gasteiger partial charge in [0, 0.05) is 21.5 Å². The fraction of sp³-hybridized carbons (Fsp3) is 0.118. The van der Waals surface area contributed by atoms with Crippen LogP contribution < -0.4 is 4.74 Å². The van der Waals surface area contributed by atoms with Crippen molar-refractivity contribution in [3.63, 3.8) is 0 Å². The van der Waals surface area contributed by atoms with Gasteiger partial charge in [-0.1, -0.05) is 28.1 Å². The zero-order chi connectivity index (χ0) is 16.6. The summed E-state index contributed by atoms with van der Waals surface area (Å²) in [6.07, 6.45) is -4.35. The molecule has 0 aliphatic heterocycles. The monoisotopic (exact) mass is 381 g/mol. The Morgan fingerprint density at radius 1 is 1.00 bits per heavy atom. The van der Waals surface area contributed by atoms with Crippen molar-refractivity contribution in [3.8, 4) is 17.0 Å². The van der Waals surface area contributed by atoms with Crippen LogP contribution in [-0.2, 0) is 6.18 Å². The van der Waals surface area contributed by atoms with E-state index in [1.807, 2.05) is 18.2 Å². The number of rotatable bonds is 2. The average molecular weight is 382 g/mol. The molecule has 6 heteroatoms. The van der Waals surface area contributed by atoms with Crippen molar-refractivity contribution in [2.75, 3.05) is 7.11 Å². The summed E-state index contributed by atoms with van der Waals surface area (Å²) in [5, 5.41) is 0.839. The first-order chi connectivity index (χ1) is 10.9. The molecule has 23 heavy (non-hydrogen) atoms. The minimum atomic E-state index is -4.35. The molecule has 3 rings (SSSR count). The fourth-order valence-electron chi connectivity index (χ4n) is 2.32. The number of fused-ring (bicyclic) bond motifs is 1. The summed E-state index contributed by atoms with van der Waals surface area (Å²) in [5.41, 5.74) is 1.17. The normalized spacial score (nSPS) is 11.7. The summed E-state index contributed by atoms with van der Waals surface area (Å²) >= 11 is 3.39. The molecule has 3 aromatic rings. The van der Waals surface area contributed by atoms with Gasteiger partial charge in [0.1, 0.15) is 5.75 Å². The summed E-state index contributed by atoms with van der Waals surface area (Å²) in [4.78, 5) is 4.52. The van der Waals surface area contributed by atoms with Crippen LogP contribution in [0.25, 0.3) is 22.2 Å².